The first kappa shape index (κ1) is 25.0. The minimum Gasteiger partial charge on any atom is -0.341 e. The highest BCUT2D eigenvalue weighted by Gasteiger charge is 2.36. The van der Waals surface area contributed by atoms with E-state index in [1.807, 2.05) is 59.0 Å². The van der Waals surface area contributed by atoms with Crippen molar-refractivity contribution >= 4 is 51.6 Å². The molecular formula is C29H29N3O4S. The smallest absolute Gasteiger partial charge is 0.293 e. The number of nitrogens with zero attached hydrogens (tertiary/aromatic N) is 3. The molecule has 0 bridgehead atoms. The quantitative estimate of drug-likeness (QED) is 0.336. The van der Waals surface area contributed by atoms with E-state index in [0.29, 0.717) is 11.5 Å². The molecule has 0 unspecified atom stereocenters. The Balaban J connectivity index is 1.36. The van der Waals surface area contributed by atoms with Crippen molar-refractivity contribution < 1.29 is 19.2 Å². The number of thioether (sulfide) groups is 1. The number of carbonyl (C=O) groups is 4. The molecule has 190 valence electrons. The zero-order chi connectivity index (χ0) is 26.1. The first-order valence-corrected chi connectivity index (χ1v) is 13.3. The van der Waals surface area contributed by atoms with E-state index < -0.39 is 11.1 Å². The fourth-order valence-electron chi connectivity index (χ4n) is 4.78. The molecule has 2 aliphatic heterocycles. The largest absolute Gasteiger partial charge is 0.341 e. The number of Topliss-reactive ketones (excluding diaryl/α,β-unsaturated/α-hetero) is 1. The first-order chi connectivity index (χ1) is 17.8. The number of hydrogen-bond donors (Lipinski definition) is 0. The van der Waals surface area contributed by atoms with Crippen LogP contribution in [0.4, 0.5) is 4.79 Å². The van der Waals surface area contributed by atoms with Gasteiger partial charge in [-0.05, 0) is 49.6 Å². The lowest BCUT2D eigenvalue weighted by Crippen LogP contribution is -2.39. The number of aryl methyl sites for hydroxylation is 1. The van der Waals surface area contributed by atoms with Crippen molar-refractivity contribution in [3.63, 3.8) is 0 Å². The molecule has 7 nitrogen and oxygen atoms in total. The van der Waals surface area contributed by atoms with E-state index in [1.54, 1.807) is 18.2 Å². The molecule has 2 fully saturated rings. The summed E-state index contributed by atoms with van der Waals surface area (Å²) in [5.74, 6) is -0.0451. The molecule has 2 aromatic carbocycles. The number of aromatic nitrogens is 1. The van der Waals surface area contributed by atoms with Crippen molar-refractivity contribution in [2.45, 2.75) is 33.2 Å². The summed E-state index contributed by atoms with van der Waals surface area (Å²) in [6.45, 7) is 5.62. The van der Waals surface area contributed by atoms with Crippen molar-refractivity contribution in [1.82, 2.24) is 14.4 Å². The van der Waals surface area contributed by atoms with Crippen LogP contribution in [0.2, 0.25) is 0 Å². The SMILES string of the molecule is Cc1ccc(C(=O)CN2C(=O)S/C(=C\c3cn(CC(=O)N4CCC(C)CC4)c4ccccc34)C2=O)cc1. The van der Waals surface area contributed by atoms with Crippen LogP contribution in [0.5, 0.6) is 0 Å². The molecule has 3 aromatic rings. The number of carbonyl (C=O) groups excluding carboxylic acids is 4. The van der Waals surface area contributed by atoms with Crippen LogP contribution in [0.3, 0.4) is 0 Å². The Morgan fingerprint density at radius 2 is 1.70 bits per heavy atom. The van der Waals surface area contributed by atoms with E-state index in [9.17, 15) is 19.2 Å². The van der Waals surface area contributed by atoms with E-state index >= 15 is 0 Å². The second kappa shape index (κ2) is 10.4. The average molecular weight is 516 g/mol. The molecule has 0 atom stereocenters. The van der Waals surface area contributed by atoms with Gasteiger partial charge < -0.3 is 9.47 Å². The number of ketones is 1. The second-order valence-corrected chi connectivity index (χ2v) is 10.8. The van der Waals surface area contributed by atoms with E-state index in [1.165, 1.54) is 0 Å². The third-order valence-corrected chi connectivity index (χ3v) is 8.00. The molecule has 3 heterocycles. The number of likely N-dealkylation sites (tertiary alicyclic amines) is 1. The molecule has 1 aromatic heterocycles. The average Bonchev–Trinajstić information content (AvgIpc) is 3.36. The lowest BCUT2D eigenvalue weighted by molar-refractivity contribution is -0.133. The number of amides is 3. The van der Waals surface area contributed by atoms with Gasteiger partial charge >= 0.3 is 0 Å². The lowest BCUT2D eigenvalue weighted by atomic mass is 9.99. The summed E-state index contributed by atoms with van der Waals surface area (Å²) in [5.41, 5.74) is 3.13. The number of rotatable bonds is 6. The summed E-state index contributed by atoms with van der Waals surface area (Å²) >= 11 is 0.833. The Labute approximate surface area is 220 Å². The maximum absolute atomic E-state index is 13.1. The fraction of sp³-hybridized carbons (Fsp3) is 0.310. The summed E-state index contributed by atoms with van der Waals surface area (Å²) in [7, 11) is 0. The Kier molecular flexibility index (Phi) is 7.02. The lowest BCUT2D eigenvalue weighted by Gasteiger charge is -2.30. The summed E-state index contributed by atoms with van der Waals surface area (Å²) in [4.78, 5) is 54.6. The number of para-hydroxylation sites is 1. The predicted molar refractivity (Wildman–Crippen MR) is 145 cm³/mol. The van der Waals surface area contributed by atoms with Crippen LogP contribution in [0, 0.1) is 12.8 Å². The molecule has 0 N–H and O–H groups in total. The summed E-state index contributed by atoms with van der Waals surface area (Å²) in [6.07, 6.45) is 5.59. The van der Waals surface area contributed by atoms with Gasteiger partial charge in [-0.15, -0.1) is 0 Å². The van der Waals surface area contributed by atoms with Gasteiger partial charge in [0.1, 0.15) is 6.54 Å². The van der Waals surface area contributed by atoms with E-state index in [2.05, 4.69) is 6.92 Å². The molecular weight excluding hydrogens is 486 g/mol. The van der Waals surface area contributed by atoms with Crippen LogP contribution in [0.15, 0.2) is 59.6 Å². The first-order valence-electron chi connectivity index (χ1n) is 12.5. The molecule has 3 amide bonds. The Bertz CT molecular complexity index is 1410. The minimum atomic E-state index is -0.481. The summed E-state index contributed by atoms with van der Waals surface area (Å²) in [6, 6.07) is 14.8. The van der Waals surface area contributed by atoms with Gasteiger partial charge in [0.2, 0.25) is 5.91 Å². The number of fused-ring (bicyclic) bond motifs is 1. The highest BCUT2D eigenvalue weighted by Crippen LogP contribution is 2.34. The molecule has 0 spiro atoms. The third-order valence-electron chi connectivity index (χ3n) is 7.10. The molecule has 2 aliphatic rings. The maximum Gasteiger partial charge on any atom is 0.293 e. The molecule has 2 saturated heterocycles. The minimum absolute atomic E-state index is 0.0779. The number of piperidine rings is 1. The Morgan fingerprint density at radius 3 is 2.43 bits per heavy atom. The van der Waals surface area contributed by atoms with E-state index in [4.69, 9.17) is 0 Å². The summed E-state index contributed by atoms with van der Waals surface area (Å²) in [5, 5.41) is 0.431. The topological polar surface area (TPSA) is 79.7 Å². The zero-order valence-corrected chi connectivity index (χ0v) is 21.8. The van der Waals surface area contributed by atoms with Gasteiger partial charge in [0.05, 0.1) is 11.4 Å². The van der Waals surface area contributed by atoms with Crippen LogP contribution < -0.4 is 0 Å². The van der Waals surface area contributed by atoms with Crippen LogP contribution >= 0.6 is 11.8 Å². The van der Waals surface area contributed by atoms with Gasteiger partial charge in [-0.2, -0.15) is 0 Å². The van der Waals surface area contributed by atoms with Crippen molar-refractivity contribution in [1.29, 1.82) is 0 Å². The van der Waals surface area contributed by atoms with Gasteiger partial charge in [0.15, 0.2) is 5.78 Å². The number of hydrogen-bond acceptors (Lipinski definition) is 5. The fourth-order valence-corrected chi connectivity index (χ4v) is 5.61. The van der Waals surface area contributed by atoms with Crippen molar-refractivity contribution in [2.24, 2.45) is 5.92 Å². The Hall–Kier alpha value is -3.65. The van der Waals surface area contributed by atoms with Crippen LogP contribution in [-0.4, -0.2) is 56.8 Å². The van der Waals surface area contributed by atoms with Gasteiger partial charge in [-0.3, -0.25) is 24.1 Å². The van der Waals surface area contributed by atoms with E-state index in [-0.39, 0.29) is 29.7 Å². The molecule has 37 heavy (non-hydrogen) atoms. The van der Waals surface area contributed by atoms with Crippen molar-refractivity contribution in [2.75, 3.05) is 19.6 Å². The monoisotopic (exact) mass is 515 g/mol. The van der Waals surface area contributed by atoms with Gasteiger partial charge in [0.25, 0.3) is 11.1 Å². The van der Waals surface area contributed by atoms with Crippen LogP contribution in [0.25, 0.3) is 17.0 Å². The standard InChI is InChI=1S/C29H29N3O4S/c1-19-7-9-21(10-8-19)25(33)17-32-28(35)26(37-29(32)36)15-22-16-31(24-6-4-3-5-23(22)24)18-27(34)30-13-11-20(2)12-14-30/h3-10,15-16,20H,11-14,17-18H2,1-2H3/b26-15-. The maximum atomic E-state index is 13.1. The van der Waals surface area contributed by atoms with E-state index in [0.717, 1.165) is 64.6 Å². The number of imide groups is 1. The Morgan fingerprint density at radius 1 is 1.00 bits per heavy atom. The molecule has 0 aliphatic carbocycles. The molecule has 0 saturated carbocycles. The normalized spacial score (nSPS) is 17.8. The molecule has 5 rings (SSSR count). The van der Waals surface area contributed by atoms with Gasteiger partial charge in [-0.25, -0.2) is 0 Å². The zero-order valence-electron chi connectivity index (χ0n) is 21.0. The highest BCUT2D eigenvalue weighted by molar-refractivity contribution is 8.18. The number of benzene rings is 2. The third kappa shape index (κ3) is 5.25. The van der Waals surface area contributed by atoms with Gasteiger partial charge in [0, 0.05) is 41.3 Å². The predicted octanol–water partition coefficient (Wildman–Crippen LogP) is 5.13. The van der Waals surface area contributed by atoms with Crippen molar-refractivity contribution in [3.8, 4) is 0 Å². The molecule has 8 heteroatoms. The summed E-state index contributed by atoms with van der Waals surface area (Å²) < 4.78 is 1.91. The van der Waals surface area contributed by atoms with Crippen LogP contribution in [0.1, 0.15) is 41.3 Å². The second-order valence-electron chi connectivity index (χ2n) is 9.85. The van der Waals surface area contributed by atoms with Crippen molar-refractivity contribution in [3.05, 3.63) is 76.3 Å². The van der Waals surface area contributed by atoms with Crippen LogP contribution in [-0.2, 0) is 16.1 Å². The van der Waals surface area contributed by atoms with Gasteiger partial charge in [-0.1, -0.05) is 55.0 Å². The molecule has 0 radical (unpaired) electrons. The highest BCUT2D eigenvalue weighted by atomic mass is 32.2.